The van der Waals surface area contributed by atoms with Crippen LogP contribution in [0.4, 0.5) is 0 Å². The maximum absolute atomic E-state index is 10.3. The molecule has 2 aromatic carbocycles. The molecule has 5 nitrogen and oxygen atoms in total. The summed E-state index contributed by atoms with van der Waals surface area (Å²) < 4.78 is 11.4. The minimum atomic E-state index is -1.10. The van der Waals surface area contributed by atoms with Gasteiger partial charge in [0.1, 0.15) is 18.0 Å². The van der Waals surface area contributed by atoms with Gasteiger partial charge in [-0.2, -0.15) is 0 Å². The molecule has 0 saturated carbocycles. The highest BCUT2D eigenvalue weighted by Gasteiger charge is 2.42. The number of aliphatic hydroxyl groups excluding tert-OH is 3. The zero-order valence-corrected chi connectivity index (χ0v) is 16.8. The first-order chi connectivity index (χ1) is 13.4. The minimum Gasteiger partial charge on any atom is -0.494 e. The molecule has 0 radical (unpaired) electrons. The number of rotatable bonds is 6. The summed E-state index contributed by atoms with van der Waals surface area (Å²) in [6, 6.07) is 13.6. The third-order valence-electron chi connectivity index (χ3n) is 5.28. The lowest BCUT2D eigenvalue weighted by Gasteiger charge is -2.41. The van der Waals surface area contributed by atoms with Gasteiger partial charge in [-0.3, -0.25) is 0 Å². The maximum Gasteiger partial charge on any atom is 0.119 e. The van der Waals surface area contributed by atoms with Crippen LogP contribution in [0.5, 0.6) is 5.75 Å². The molecule has 5 unspecified atom stereocenters. The molecule has 1 fully saturated rings. The second kappa shape index (κ2) is 9.25. The summed E-state index contributed by atoms with van der Waals surface area (Å²) in [6.45, 7) is 4.05. The van der Waals surface area contributed by atoms with Gasteiger partial charge >= 0.3 is 0 Å². The third kappa shape index (κ3) is 4.50. The molecule has 0 bridgehead atoms. The van der Waals surface area contributed by atoms with Crippen molar-refractivity contribution in [2.45, 2.75) is 44.7 Å². The molecule has 28 heavy (non-hydrogen) atoms. The summed E-state index contributed by atoms with van der Waals surface area (Å²) in [6.07, 6.45) is -2.68. The highest BCUT2D eigenvalue weighted by atomic mass is 35.5. The fraction of sp³-hybridized carbons (Fsp3) is 0.455. The number of ether oxygens (including phenoxy) is 2. The normalized spacial score (nSPS) is 27.6. The third-order valence-corrected chi connectivity index (χ3v) is 5.64. The first-order valence-electron chi connectivity index (χ1n) is 9.57. The van der Waals surface area contributed by atoms with Crippen LogP contribution in [0.3, 0.4) is 0 Å². The van der Waals surface area contributed by atoms with Crippen molar-refractivity contribution < 1.29 is 24.8 Å². The van der Waals surface area contributed by atoms with E-state index in [1.807, 2.05) is 56.3 Å². The standard InChI is InChI=1S/C22H27ClO5/c1-3-27-17-7-4-14(5-8-17)10-16-11-15(6-9-18(16)23)22-13(2)20(25)21(26)19(12-24)28-22/h4-9,11,13,19-22,24-26H,3,10,12H2,1-2H3. The number of hydrogen-bond donors (Lipinski definition) is 3. The van der Waals surface area contributed by atoms with E-state index in [-0.39, 0.29) is 12.5 Å². The maximum atomic E-state index is 10.3. The van der Waals surface area contributed by atoms with Crippen LogP contribution < -0.4 is 4.74 Å². The molecule has 0 aliphatic carbocycles. The Morgan fingerprint density at radius 3 is 2.43 bits per heavy atom. The second-order valence-corrected chi connectivity index (χ2v) is 7.63. The molecule has 5 atom stereocenters. The second-order valence-electron chi connectivity index (χ2n) is 7.22. The smallest absolute Gasteiger partial charge is 0.119 e. The average Bonchev–Trinajstić information content (AvgIpc) is 2.70. The van der Waals surface area contributed by atoms with Gasteiger partial charge in [-0.1, -0.05) is 42.8 Å². The Kier molecular flexibility index (Phi) is 6.96. The Morgan fingerprint density at radius 1 is 1.07 bits per heavy atom. The highest BCUT2D eigenvalue weighted by Crippen LogP contribution is 2.38. The van der Waals surface area contributed by atoms with E-state index in [2.05, 4.69) is 0 Å². The summed E-state index contributed by atoms with van der Waals surface area (Å²) >= 11 is 6.42. The molecular formula is C22H27ClO5. The van der Waals surface area contributed by atoms with E-state index in [1.54, 1.807) is 0 Å². The van der Waals surface area contributed by atoms with Crippen LogP contribution in [0.2, 0.25) is 5.02 Å². The molecule has 1 aliphatic rings. The fourth-order valence-electron chi connectivity index (χ4n) is 3.63. The summed E-state index contributed by atoms with van der Waals surface area (Å²) in [5.41, 5.74) is 2.91. The van der Waals surface area contributed by atoms with Gasteiger partial charge < -0.3 is 24.8 Å². The molecule has 1 aliphatic heterocycles. The van der Waals surface area contributed by atoms with Crippen molar-refractivity contribution >= 4 is 11.6 Å². The number of benzene rings is 2. The lowest BCUT2D eigenvalue weighted by molar-refractivity contribution is -0.207. The van der Waals surface area contributed by atoms with Crippen molar-refractivity contribution in [1.29, 1.82) is 0 Å². The van der Waals surface area contributed by atoms with E-state index in [9.17, 15) is 15.3 Å². The molecular weight excluding hydrogens is 380 g/mol. The molecule has 0 amide bonds. The van der Waals surface area contributed by atoms with E-state index >= 15 is 0 Å². The van der Waals surface area contributed by atoms with Gasteiger partial charge in [0.15, 0.2) is 0 Å². The molecule has 6 heteroatoms. The zero-order chi connectivity index (χ0) is 20.3. The van der Waals surface area contributed by atoms with Crippen molar-refractivity contribution in [2.75, 3.05) is 13.2 Å². The van der Waals surface area contributed by atoms with E-state index in [4.69, 9.17) is 21.1 Å². The first-order valence-corrected chi connectivity index (χ1v) is 9.94. The summed E-state index contributed by atoms with van der Waals surface area (Å²) in [7, 11) is 0. The minimum absolute atomic E-state index is 0.322. The summed E-state index contributed by atoms with van der Waals surface area (Å²) in [5.74, 6) is 0.510. The molecule has 2 aromatic rings. The zero-order valence-electron chi connectivity index (χ0n) is 16.1. The monoisotopic (exact) mass is 406 g/mol. The molecule has 3 rings (SSSR count). The van der Waals surface area contributed by atoms with E-state index in [0.717, 1.165) is 22.4 Å². The van der Waals surface area contributed by atoms with Crippen molar-refractivity contribution in [3.8, 4) is 5.75 Å². The molecule has 1 heterocycles. The van der Waals surface area contributed by atoms with E-state index in [0.29, 0.717) is 18.1 Å². The Morgan fingerprint density at radius 2 is 1.79 bits per heavy atom. The van der Waals surface area contributed by atoms with Crippen LogP contribution in [0.25, 0.3) is 0 Å². The van der Waals surface area contributed by atoms with Crippen molar-refractivity contribution in [3.63, 3.8) is 0 Å². The Bertz CT molecular complexity index is 777. The number of hydrogen-bond acceptors (Lipinski definition) is 5. The van der Waals surface area contributed by atoms with Crippen LogP contribution in [-0.4, -0.2) is 46.8 Å². The Hall–Kier alpha value is -1.63. The quantitative estimate of drug-likeness (QED) is 0.687. The fourth-order valence-corrected chi connectivity index (χ4v) is 3.82. The highest BCUT2D eigenvalue weighted by molar-refractivity contribution is 6.31. The van der Waals surface area contributed by atoms with Gasteiger partial charge in [0.2, 0.25) is 0 Å². The lowest BCUT2D eigenvalue weighted by Crippen LogP contribution is -2.51. The van der Waals surface area contributed by atoms with Gasteiger partial charge in [-0.25, -0.2) is 0 Å². The molecule has 0 spiro atoms. The predicted molar refractivity (Wildman–Crippen MR) is 108 cm³/mol. The van der Waals surface area contributed by atoms with Crippen LogP contribution in [0, 0.1) is 5.92 Å². The van der Waals surface area contributed by atoms with Gasteiger partial charge in [-0.15, -0.1) is 0 Å². The van der Waals surface area contributed by atoms with E-state index in [1.165, 1.54) is 0 Å². The largest absolute Gasteiger partial charge is 0.494 e. The van der Waals surface area contributed by atoms with Crippen molar-refractivity contribution in [1.82, 2.24) is 0 Å². The van der Waals surface area contributed by atoms with Crippen LogP contribution in [-0.2, 0) is 11.2 Å². The summed E-state index contributed by atoms with van der Waals surface area (Å²) in [5, 5.41) is 30.5. The van der Waals surface area contributed by atoms with Crippen LogP contribution >= 0.6 is 11.6 Å². The Labute approximate surface area is 170 Å². The number of aliphatic hydroxyl groups is 3. The molecule has 1 saturated heterocycles. The SMILES string of the molecule is CCOc1ccc(Cc2cc(C3OC(CO)C(O)C(O)C3C)ccc2Cl)cc1. The average molecular weight is 407 g/mol. The van der Waals surface area contributed by atoms with Crippen LogP contribution in [0.1, 0.15) is 36.6 Å². The van der Waals surface area contributed by atoms with Gasteiger partial charge in [-0.05, 0) is 48.2 Å². The molecule has 152 valence electrons. The topological polar surface area (TPSA) is 79.2 Å². The van der Waals surface area contributed by atoms with Crippen molar-refractivity contribution in [2.24, 2.45) is 5.92 Å². The van der Waals surface area contributed by atoms with Gasteiger partial charge in [0.05, 0.1) is 25.4 Å². The number of halogens is 1. The van der Waals surface area contributed by atoms with Gasteiger partial charge in [0.25, 0.3) is 0 Å². The molecule has 0 aromatic heterocycles. The molecule has 3 N–H and O–H groups in total. The van der Waals surface area contributed by atoms with Gasteiger partial charge in [0, 0.05) is 10.9 Å². The Balaban J connectivity index is 1.82. The summed E-state index contributed by atoms with van der Waals surface area (Å²) in [4.78, 5) is 0. The lowest BCUT2D eigenvalue weighted by atomic mass is 9.84. The van der Waals surface area contributed by atoms with E-state index < -0.39 is 24.4 Å². The van der Waals surface area contributed by atoms with Crippen molar-refractivity contribution in [3.05, 3.63) is 64.2 Å². The van der Waals surface area contributed by atoms with Crippen LogP contribution in [0.15, 0.2) is 42.5 Å². The predicted octanol–water partition coefficient (Wildman–Crippen LogP) is 3.12. The first kappa shape index (κ1) is 21.1.